The number of thiol groups is 2. The van der Waals surface area contributed by atoms with Crippen LogP contribution in [0.4, 0.5) is 0 Å². The number of rotatable bonds is 9. The molecule has 190 valence electrons. The summed E-state index contributed by atoms with van der Waals surface area (Å²) in [6.07, 6.45) is 3.99. The van der Waals surface area contributed by atoms with Gasteiger partial charge < -0.3 is 35.4 Å². The summed E-state index contributed by atoms with van der Waals surface area (Å²) >= 11 is 8.43. The van der Waals surface area contributed by atoms with Gasteiger partial charge in [0.25, 0.3) is 0 Å². The van der Waals surface area contributed by atoms with Gasteiger partial charge in [-0.25, -0.2) is 4.42 Å². The number of unbranched alkanes of at least 4 members (excludes halogenated alkanes) is 1. The second-order valence-corrected chi connectivity index (χ2v) is 8.87. The third-order valence-corrected chi connectivity index (χ3v) is 5.78. The van der Waals surface area contributed by atoms with Crippen molar-refractivity contribution in [2.75, 3.05) is 12.9 Å². The summed E-state index contributed by atoms with van der Waals surface area (Å²) < 4.78 is 10.8. The van der Waals surface area contributed by atoms with Crippen LogP contribution in [0, 0.1) is 0 Å². The summed E-state index contributed by atoms with van der Waals surface area (Å²) in [4.78, 5) is 10.1. The van der Waals surface area contributed by atoms with Gasteiger partial charge in [0, 0.05) is 35.9 Å². The van der Waals surface area contributed by atoms with Crippen LogP contribution < -0.4 is 4.74 Å². The SMILES string of the molecule is COc1cc2c(O)cc(O)cc2[o+]c1-c1cc(O)c(O)c(O)c1.O=C(O)CCCC[C@H](S)CCS. The van der Waals surface area contributed by atoms with Gasteiger partial charge in [0.05, 0.1) is 18.7 Å². The monoisotopic (exact) mass is 525 g/mol. The van der Waals surface area contributed by atoms with E-state index in [9.17, 15) is 30.3 Å². The van der Waals surface area contributed by atoms with Crippen molar-refractivity contribution in [3.63, 3.8) is 0 Å². The molecule has 0 aliphatic rings. The lowest BCUT2D eigenvalue weighted by atomic mass is 10.1. The molecule has 0 aliphatic heterocycles. The number of methoxy groups -OCH3 is 1. The molecule has 1 heterocycles. The molecule has 3 aromatic rings. The summed E-state index contributed by atoms with van der Waals surface area (Å²) in [6.45, 7) is 0. The van der Waals surface area contributed by atoms with Crippen LogP contribution in [0.5, 0.6) is 34.5 Å². The average Bonchev–Trinajstić information content (AvgIpc) is 2.79. The van der Waals surface area contributed by atoms with E-state index in [0.717, 1.165) is 37.5 Å². The Bertz CT molecular complexity index is 1140. The van der Waals surface area contributed by atoms with Crippen molar-refractivity contribution in [2.45, 2.75) is 37.4 Å². The molecule has 0 saturated carbocycles. The number of aliphatic carboxylic acids is 1. The van der Waals surface area contributed by atoms with E-state index in [0.29, 0.717) is 10.6 Å². The summed E-state index contributed by atoms with van der Waals surface area (Å²) in [5.74, 6) is -1.58. The highest BCUT2D eigenvalue weighted by Crippen LogP contribution is 2.43. The van der Waals surface area contributed by atoms with Crippen molar-refractivity contribution < 1.29 is 44.6 Å². The first kappa shape index (κ1) is 28.1. The number of hydrogen-bond acceptors (Lipinski definition) is 9. The van der Waals surface area contributed by atoms with Crippen molar-refractivity contribution in [1.29, 1.82) is 0 Å². The van der Waals surface area contributed by atoms with E-state index in [-0.39, 0.29) is 40.6 Å². The van der Waals surface area contributed by atoms with Crippen LogP contribution in [0.25, 0.3) is 22.3 Å². The number of carboxylic acids is 1. The Morgan fingerprint density at radius 2 is 1.63 bits per heavy atom. The zero-order chi connectivity index (χ0) is 26.1. The number of fused-ring (bicyclic) bond motifs is 1. The van der Waals surface area contributed by atoms with Gasteiger partial charge in [0.1, 0.15) is 16.9 Å². The average molecular weight is 526 g/mol. The molecule has 0 radical (unpaired) electrons. The van der Waals surface area contributed by atoms with Crippen LogP contribution in [0.2, 0.25) is 0 Å². The lowest BCUT2D eigenvalue weighted by Crippen LogP contribution is -2.00. The van der Waals surface area contributed by atoms with E-state index in [4.69, 9.17) is 14.3 Å². The van der Waals surface area contributed by atoms with E-state index < -0.39 is 23.2 Å². The smallest absolute Gasteiger partial charge is 0.402 e. The van der Waals surface area contributed by atoms with E-state index >= 15 is 0 Å². The summed E-state index contributed by atoms with van der Waals surface area (Å²) in [6, 6.07) is 6.33. The predicted octanol–water partition coefficient (Wildman–Crippen LogP) is 5.17. The second kappa shape index (κ2) is 13.1. The maximum Gasteiger partial charge on any atom is 0.402 e. The highest BCUT2D eigenvalue weighted by molar-refractivity contribution is 7.81. The van der Waals surface area contributed by atoms with Crippen LogP contribution in [0.3, 0.4) is 0 Å². The van der Waals surface area contributed by atoms with Crippen molar-refractivity contribution >= 4 is 42.2 Å². The molecule has 6 N–H and O–H groups in total. The maximum atomic E-state index is 10.1. The molecule has 9 nitrogen and oxygen atoms in total. The fourth-order valence-corrected chi connectivity index (χ4v) is 4.05. The number of carboxylic acid groups (broad SMARTS) is 1. The molecule has 0 bridgehead atoms. The number of phenolic OH excluding ortho intramolecular Hbond substituents is 5. The molecule has 0 unspecified atom stereocenters. The Kier molecular flexibility index (Phi) is 10.5. The van der Waals surface area contributed by atoms with E-state index in [1.54, 1.807) is 0 Å². The Hall–Kier alpha value is -3.18. The topological polar surface area (TPSA) is 159 Å². The summed E-state index contributed by atoms with van der Waals surface area (Å²) in [5, 5.41) is 57.2. The Morgan fingerprint density at radius 1 is 0.971 bits per heavy atom. The number of carbonyl (C=O) groups is 1. The van der Waals surface area contributed by atoms with Crippen LogP contribution >= 0.6 is 25.3 Å². The first-order valence-corrected chi connectivity index (χ1v) is 11.8. The molecule has 0 amide bonds. The molecule has 35 heavy (non-hydrogen) atoms. The molecule has 0 aliphatic carbocycles. The fraction of sp³-hybridized carbons (Fsp3) is 0.333. The molecule has 0 saturated heterocycles. The fourth-order valence-electron chi connectivity index (χ4n) is 3.22. The highest BCUT2D eigenvalue weighted by atomic mass is 32.1. The molecule has 0 spiro atoms. The first-order chi connectivity index (χ1) is 16.6. The molecule has 11 heteroatoms. The number of hydrogen-bond donors (Lipinski definition) is 8. The third kappa shape index (κ3) is 7.93. The van der Waals surface area contributed by atoms with Gasteiger partial charge in [0.15, 0.2) is 17.2 Å². The van der Waals surface area contributed by atoms with Crippen molar-refractivity contribution in [3.05, 3.63) is 30.3 Å². The lowest BCUT2D eigenvalue weighted by molar-refractivity contribution is -0.137. The summed E-state index contributed by atoms with van der Waals surface area (Å²) in [5.41, 5.74) is 0.407. The minimum atomic E-state index is -0.708. The minimum absolute atomic E-state index is 0.135. The molecule has 1 aromatic heterocycles. The van der Waals surface area contributed by atoms with Crippen LogP contribution in [0.1, 0.15) is 32.1 Å². The van der Waals surface area contributed by atoms with Crippen molar-refractivity contribution in [1.82, 2.24) is 0 Å². The molecule has 0 fully saturated rings. The van der Waals surface area contributed by atoms with Gasteiger partial charge >= 0.3 is 17.3 Å². The van der Waals surface area contributed by atoms with Gasteiger partial charge in [-0.15, -0.1) is 0 Å². The minimum Gasteiger partial charge on any atom is -0.507 e. The van der Waals surface area contributed by atoms with Crippen LogP contribution in [-0.4, -0.2) is 54.7 Å². The van der Waals surface area contributed by atoms with Crippen LogP contribution in [-0.2, 0) is 4.79 Å². The Labute approximate surface area is 213 Å². The van der Waals surface area contributed by atoms with Crippen LogP contribution in [0.15, 0.2) is 34.7 Å². The van der Waals surface area contributed by atoms with Crippen molar-refractivity contribution in [3.8, 4) is 45.8 Å². The first-order valence-electron chi connectivity index (χ1n) is 10.7. The Balaban J connectivity index is 0.000000307. The van der Waals surface area contributed by atoms with Gasteiger partial charge in [-0.05, 0) is 25.0 Å². The maximum absolute atomic E-state index is 10.1. The largest absolute Gasteiger partial charge is 0.507 e. The quantitative estimate of drug-likeness (QED) is 0.0816. The zero-order valence-electron chi connectivity index (χ0n) is 19.0. The van der Waals surface area contributed by atoms with E-state index in [1.807, 2.05) is 0 Å². The third-order valence-electron chi connectivity index (χ3n) is 5.01. The van der Waals surface area contributed by atoms with E-state index in [1.165, 1.54) is 31.4 Å². The number of phenols is 5. The number of aromatic hydroxyl groups is 5. The predicted molar refractivity (Wildman–Crippen MR) is 138 cm³/mol. The highest BCUT2D eigenvalue weighted by Gasteiger charge is 2.26. The van der Waals surface area contributed by atoms with Crippen molar-refractivity contribution in [2.24, 2.45) is 0 Å². The standard InChI is InChI=1S/C16H12O7.C8H16O2S2/c1-22-14-6-9-10(18)4-8(17)5-13(9)23-16(14)7-2-11(19)15(21)12(20)3-7;9-8(10)4-2-1-3-7(12)5-6-11/h2-6H,1H3,(H4-,17,18,19,20,21);7,11-12H,1-6H2,(H,9,10)/p+1/t;7-/m.0/s1. The number of ether oxygens (including phenoxy) is 1. The van der Waals surface area contributed by atoms with Gasteiger partial charge in [-0.1, -0.05) is 6.42 Å². The second-order valence-electron chi connectivity index (χ2n) is 7.69. The van der Waals surface area contributed by atoms with Gasteiger partial charge in [-0.2, -0.15) is 25.3 Å². The van der Waals surface area contributed by atoms with Gasteiger partial charge in [0.2, 0.25) is 5.75 Å². The molecular weight excluding hydrogens is 496 g/mol. The summed E-state index contributed by atoms with van der Waals surface area (Å²) in [7, 11) is 1.39. The molecule has 2 aromatic carbocycles. The van der Waals surface area contributed by atoms with E-state index in [2.05, 4.69) is 25.3 Å². The van der Waals surface area contributed by atoms with Gasteiger partial charge in [-0.3, -0.25) is 4.79 Å². The lowest BCUT2D eigenvalue weighted by Gasteiger charge is -2.06. The number of benzene rings is 2. The zero-order valence-corrected chi connectivity index (χ0v) is 20.8. The molecule has 3 rings (SSSR count). The Morgan fingerprint density at radius 3 is 2.20 bits per heavy atom. The normalized spacial score (nSPS) is 11.5. The molecule has 1 atom stereocenters. The molecular formula is C24H29O9S2+.